The first-order chi connectivity index (χ1) is 8.70. The van der Waals surface area contributed by atoms with E-state index in [1.54, 1.807) is 42.6 Å². The van der Waals surface area contributed by atoms with E-state index < -0.39 is 0 Å². The first-order valence-corrected chi connectivity index (χ1v) is 5.63. The molecule has 5 heteroatoms. The molecule has 0 saturated carbocycles. The van der Waals surface area contributed by atoms with Gasteiger partial charge in [0.05, 0.1) is 12.8 Å². The van der Waals surface area contributed by atoms with Gasteiger partial charge in [-0.05, 0) is 23.8 Å². The lowest BCUT2D eigenvalue weighted by Gasteiger charge is -2.15. The van der Waals surface area contributed by atoms with Gasteiger partial charge in [-0.1, -0.05) is 6.07 Å². The van der Waals surface area contributed by atoms with Crippen LogP contribution in [0.4, 0.5) is 0 Å². The molecule has 2 aromatic heterocycles. The third kappa shape index (κ3) is 2.75. The summed E-state index contributed by atoms with van der Waals surface area (Å²) in [5.41, 5.74) is 6.79. The topological polar surface area (TPSA) is 72.4 Å². The van der Waals surface area contributed by atoms with Crippen LogP contribution >= 0.6 is 0 Å². The summed E-state index contributed by atoms with van der Waals surface area (Å²) in [6.45, 7) is 0.843. The normalized spacial score (nSPS) is 10.3. The molecular weight excluding hydrogens is 230 g/mol. The van der Waals surface area contributed by atoms with Crippen molar-refractivity contribution in [3.63, 3.8) is 0 Å². The highest BCUT2D eigenvalue weighted by atomic mass is 16.3. The summed E-state index contributed by atoms with van der Waals surface area (Å²) in [6.07, 6.45) is 3.20. The van der Waals surface area contributed by atoms with Gasteiger partial charge < -0.3 is 15.1 Å². The van der Waals surface area contributed by atoms with Gasteiger partial charge >= 0.3 is 0 Å². The summed E-state index contributed by atoms with van der Waals surface area (Å²) in [5, 5.41) is 0. The second kappa shape index (κ2) is 5.46. The van der Waals surface area contributed by atoms with Crippen molar-refractivity contribution in [3.05, 3.63) is 53.7 Å². The van der Waals surface area contributed by atoms with Gasteiger partial charge in [0, 0.05) is 19.8 Å². The number of pyridine rings is 1. The maximum atomic E-state index is 12.1. The van der Waals surface area contributed by atoms with Crippen molar-refractivity contribution in [1.82, 2.24) is 9.88 Å². The molecule has 2 N–H and O–H groups in total. The van der Waals surface area contributed by atoms with Crippen LogP contribution in [0.2, 0.25) is 0 Å². The van der Waals surface area contributed by atoms with Crippen LogP contribution in [0.15, 0.2) is 41.1 Å². The lowest BCUT2D eigenvalue weighted by atomic mass is 10.2. The fraction of sp³-hybridized carbons (Fsp3) is 0.231. The van der Waals surface area contributed by atoms with Crippen molar-refractivity contribution in [2.24, 2.45) is 5.73 Å². The molecule has 5 nitrogen and oxygen atoms in total. The van der Waals surface area contributed by atoms with Crippen LogP contribution in [0, 0.1) is 0 Å². The second-order valence-electron chi connectivity index (χ2n) is 4.00. The average Bonchev–Trinajstić information content (AvgIpc) is 2.91. The van der Waals surface area contributed by atoms with Crippen molar-refractivity contribution in [3.8, 4) is 0 Å². The lowest BCUT2D eigenvalue weighted by molar-refractivity contribution is 0.0769. The number of nitrogens with two attached hydrogens (primary N) is 1. The molecule has 0 saturated heterocycles. The average molecular weight is 245 g/mol. The van der Waals surface area contributed by atoms with E-state index in [0.29, 0.717) is 18.8 Å². The van der Waals surface area contributed by atoms with Crippen LogP contribution in [0.5, 0.6) is 0 Å². The molecule has 0 unspecified atom stereocenters. The van der Waals surface area contributed by atoms with E-state index in [4.69, 9.17) is 10.2 Å². The van der Waals surface area contributed by atoms with Gasteiger partial charge in [0.25, 0.3) is 5.91 Å². The number of hydrogen-bond donors (Lipinski definition) is 1. The Balaban J connectivity index is 2.05. The Morgan fingerprint density at radius 1 is 1.44 bits per heavy atom. The number of amides is 1. The molecule has 0 bridgehead atoms. The Hall–Kier alpha value is -2.14. The van der Waals surface area contributed by atoms with Crippen molar-refractivity contribution < 1.29 is 9.21 Å². The van der Waals surface area contributed by atoms with Crippen molar-refractivity contribution in [2.75, 3.05) is 7.05 Å². The fourth-order valence-corrected chi connectivity index (χ4v) is 1.58. The van der Waals surface area contributed by atoms with E-state index >= 15 is 0 Å². The smallest absolute Gasteiger partial charge is 0.272 e. The molecule has 2 aromatic rings. The first kappa shape index (κ1) is 12.3. The number of hydrogen-bond acceptors (Lipinski definition) is 4. The number of aromatic nitrogens is 1. The van der Waals surface area contributed by atoms with E-state index in [1.807, 2.05) is 6.07 Å². The Kier molecular flexibility index (Phi) is 3.74. The van der Waals surface area contributed by atoms with Crippen molar-refractivity contribution >= 4 is 5.91 Å². The minimum atomic E-state index is -0.144. The number of carbonyl (C=O) groups is 1. The Bertz CT molecular complexity index is 506. The summed E-state index contributed by atoms with van der Waals surface area (Å²) in [5.74, 6) is 0.597. The minimum absolute atomic E-state index is 0.144. The van der Waals surface area contributed by atoms with Crippen molar-refractivity contribution in [1.29, 1.82) is 0 Å². The van der Waals surface area contributed by atoms with Gasteiger partial charge in [-0.2, -0.15) is 0 Å². The molecule has 0 aliphatic carbocycles. The van der Waals surface area contributed by atoms with Gasteiger partial charge in [-0.25, -0.2) is 0 Å². The summed E-state index contributed by atoms with van der Waals surface area (Å²) >= 11 is 0. The second-order valence-corrected chi connectivity index (χ2v) is 4.00. The number of carbonyl (C=O) groups excluding carboxylic acids is 1. The highest BCUT2D eigenvalue weighted by Gasteiger charge is 2.14. The van der Waals surface area contributed by atoms with E-state index in [0.717, 1.165) is 11.3 Å². The zero-order chi connectivity index (χ0) is 13.0. The third-order valence-electron chi connectivity index (χ3n) is 2.60. The molecule has 0 aliphatic rings. The standard InChI is InChI=1S/C13H15N3O2/c1-16(9-11-3-2-6-18-11)13(17)12-5-4-10(7-14)8-15-12/h2-6,8H,7,9,14H2,1H3. The highest BCUT2D eigenvalue weighted by Crippen LogP contribution is 2.08. The molecule has 0 aliphatic heterocycles. The summed E-state index contributed by atoms with van der Waals surface area (Å²) in [4.78, 5) is 17.7. The molecule has 0 atom stereocenters. The first-order valence-electron chi connectivity index (χ1n) is 5.63. The highest BCUT2D eigenvalue weighted by molar-refractivity contribution is 5.92. The number of nitrogens with zero attached hydrogens (tertiary/aromatic N) is 2. The molecule has 2 rings (SSSR count). The van der Waals surface area contributed by atoms with Gasteiger partial charge in [0.2, 0.25) is 0 Å². The van der Waals surface area contributed by atoms with E-state index in [-0.39, 0.29) is 5.91 Å². The molecule has 0 aromatic carbocycles. The fourth-order valence-electron chi connectivity index (χ4n) is 1.58. The minimum Gasteiger partial charge on any atom is -0.467 e. The van der Waals surface area contributed by atoms with Gasteiger partial charge in [0.1, 0.15) is 11.5 Å². The zero-order valence-electron chi connectivity index (χ0n) is 10.2. The Morgan fingerprint density at radius 2 is 2.28 bits per heavy atom. The molecule has 18 heavy (non-hydrogen) atoms. The number of furan rings is 1. The molecular formula is C13H15N3O2. The predicted molar refractivity (Wildman–Crippen MR) is 66.6 cm³/mol. The van der Waals surface area contributed by atoms with Gasteiger partial charge in [-0.3, -0.25) is 9.78 Å². The summed E-state index contributed by atoms with van der Waals surface area (Å²) in [6, 6.07) is 7.11. The third-order valence-corrected chi connectivity index (χ3v) is 2.60. The molecule has 2 heterocycles. The molecule has 1 amide bonds. The zero-order valence-corrected chi connectivity index (χ0v) is 10.2. The Labute approximate surface area is 105 Å². The van der Waals surface area contributed by atoms with Crippen LogP contribution < -0.4 is 5.73 Å². The van der Waals surface area contributed by atoms with E-state index in [9.17, 15) is 4.79 Å². The molecule has 0 fully saturated rings. The largest absolute Gasteiger partial charge is 0.467 e. The molecule has 0 spiro atoms. The van der Waals surface area contributed by atoms with Crippen LogP contribution in [0.1, 0.15) is 21.8 Å². The van der Waals surface area contributed by atoms with Crippen LogP contribution in [0.25, 0.3) is 0 Å². The molecule has 0 radical (unpaired) electrons. The van der Waals surface area contributed by atoms with Gasteiger partial charge in [-0.15, -0.1) is 0 Å². The molecule has 94 valence electrons. The number of rotatable bonds is 4. The maximum absolute atomic E-state index is 12.1. The summed E-state index contributed by atoms with van der Waals surface area (Å²) in [7, 11) is 1.71. The van der Waals surface area contributed by atoms with E-state index in [1.165, 1.54) is 0 Å². The van der Waals surface area contributed by atoms with Crippen molar-refractivity contribution in [2.45, 2.75) is 13.1 Å². The van der Waals surface area contributed by atoms with Crippen LogP contribution in [-0.4, -0.2) is 22.8 Å². The van der Waals surface area contributed by atoms with Crippen LogP contribution in [0.3, 0.4) is 0 Å². The summed E-state index contributed by atoms with van der Waals surface area (Å²) < 4.78 is 5.20. The SMILES string of the molecule is CN(Cc1ccco1)C(=O)c1ccc(CN)cn1. The quantitative estimate of drug-likeness (QED) is 0.883. The Morgan fingerprint density at radius 3 is 2.83 bits per heavy atom. The van der Waals surface area contributed by atoms with Crippen LogP contribution in [-0.2, 0) is 13.1 Å². The monoisotopic (exact) mass is 245 g/mol. The van der Waals surface area contributed by atoms with Gasteiger partial charge in [0.15, 0.2) is 0 Å². The maximum Gasteiger partial charge on any atom is 0.272 e. The predicted octanol–water partition coefficient (Wildman–Crippen LogP) is 1.41. The van der Waals surface area contributed by atoms with E-state index in [2.05, 4.69) is 4.98 Å². The lowest BCUT2D eigenvalue weighted by Crippen LogP contribution is -2.26.